The van der Waals surface area contributed by atoms with Crippen molar-refractivity contribution in [1.29, 1.82) is 0 Å². The summed E-state index contributed by atoms with van der Waals surface area (Å²) in [5.74, 6) is -1.55. The first kappa shape index (κ1) is 36.8. The van der Waals surface area contributed by atoms with E-state index in [9.17, 15) is 28.7 Å². The van der Waals surface area contributed by atoms with E-state index in [4.69, 9.17) is 22.1 Å². The maximum absolute atomic E-state index is 13.6. The molecule has 0 spiro atoms. The average Bonchev–Trinajstić information content (AvgIpc) is 3.25. The van der Waals surface area contributed by atoms with E-state index in [1.807, 2.05) is 20.8 Å². The third-order valence-corrected chi connectivity index (χ3v) is 7.69. The molecule has 3 N–H and O–H groups in total. The Morgan fingerprint density at radius 3 is 2.41 bits per heavy atom. The minimum Gasteiger partial charge on any atom is -0.502 e. The number of rotatable bonds is 11. The van der Waals surface area contributed by atoms with E-state index < -0.39 is 41.2 Å². The zero-order valence-electron chi connectivity index (χ0n) is 26.6. The molecule has 44 heavy (non-hydrogen) atoms. The van der Waals surface area contributed by atoms with Crippen LogP contribution in [0.15, 0.2) is 23.0 Å². The maximum atomic E-state index is 13.6. The number of halogens is 2. The molecule has 0 saturated heterocycles. The number of aromatic nitrogens is 1. The highest BCUT2D eigenvalue weighted by Gasteiger charge is 2.44. The topological polar surface area (TPSA) is 135 Å². The molecule has 244 valence electrons. The number of fused-ring (bicyclic) bond motifs is 3. The van der Waals surface area contributed by atoms with Gasteiger partial charge >= 0.3 is 0 Å². The Hall–Kier alpha value is -3.44. The summed E-state index contributed by atoms with van der Waals surface area (Å²) in [7, 11) is 0. The number of carbonyl (C=O) groups excluding carboxylic acids is 3. The predicted molar refractivity (Wildman–Crippen MR) is 168 cm³/mol. The van der Waals surface area contributed by atoms with Crippen LogP contribution in [-0.4, -0.2) is 63.5 Å². The van der Waals surface area contributed by atoms with Crippen molar-refractivity contribution in [2.45, 2.75) is 92.5 Å². The SMILES string of the molecule is CC.CC(C)CCN.CCCCC1N(CC(C)OC=O)C(=O)c2c3c(c(O)c(=O)n21)C(=O)N(Cc1ccc(F)c(Cl)c1)CC3. The molecule has 1 aromatic carbocycles. The maximum Gasteiger partial charge on any atom is 0.295 e. The molecule has 2 atom stereocenters. The van der Waals surface area contributed by atoms with Crippen molar-refractivity contribution in [3.05, 3.63) is 61.8 Å². The Bertz CT molecular complexity index is 1370. The fraction of sp³-hybridized carbons (Fsp3) is 0.562. The minimum atomic E-state index is -0.815. The molecule has 12 heteroatoms. The molecule has 2 aromatic rings. The zero-order chi connectivity index (χ0) is 33.1. The summed E-state index contributed by atoms with van der Waals surface area (Å²) in [5, 5.41) is 10.8. The molecular weight excluding hydrogens is 591 g/mol. The molecule has 1 aromatic heterocycles. The van der Waals surface area contributed by atoms with Crippen LogP contribution in [0.1, 0.15) is 105 Å². The molecule has 2 aliphatic rings. The molecule has 0 bridgehead atoms. The summed E-state index contributed by atoms with van der Waals surface area (Å²) >= 11 is 5.86. The highest BCUT2D eigenvalue weighted by Crippen LogP contribution is 2.37. The second kappa shape index (κ2) is 17.2. The monoisotopic (exact) mass is 636 g/mol. The summed E-state index contributed by atoms with van der Waals surface area (Å²) in [6.45, 7) is 13.5. The summed E-state index contributed by atoms with van der Waals surface area (Å²) in [4.78, 5) is 53.9. The third kappa shape index (κ3) is 8.38. The quantitative estimate of drug-likeness (QED) is 0.321. The first-order valence-corrected chi connectivity index (χ1v) is 15.7. The number of unbranched alkanes of at least 4 members (excludes halogenated alkanes) is 1. The lowest BCUT2D eigenvalue weighted by Crippen LogP contribution is -2.40. The summed E-state index contributed by atoms with van der Waals surface area (Å²) in [6, 6.07) is 4.12. The molecule has 0 saturated carbocycles. The minimum absolute atomic E-state index is 0.0635. The van der Waals surface area contributed by atoms with Gasteiger partial charge in [0.05, 0.1) is 17.1 Å². The van der Waals surface area contributed by atoms with Gasteiger partial charge in [0, 0.05) is 18.7 Å². The number of hydrogen-bond donors (Lipinski definition) is 2. The van der Waals surface area contributed by atoms with Crippen LogP contribution in [0, 0.1) is 11.7 Å². The van der Waals surface area contributed by atoms with Gasteiger partial charge in [-0.3, -0.25) is 23.7 Å². The molecule has 2 unspecified atom stereocenters. The largest absolute Gasteiger partial charge is 0.502 e. The van der Waals surface area contributed by atoms with Gasteiger partial charge < -0.3 is 25.4 Å². The Kier molecular flexibility index (Phi) is 14.3. The van der Waals surface area contributed by atoms with Crippen molar-refractivity contribution >= 4 is 29.9 Å². The van der Waals surface area contributed by atoms with Crippen molar-refractivity contribution < 1.29 is 28.6 Å². The van der Waals surface area contributed by atoms with Crippen LogP contribution in [0.25, 0.3) is 0 Å². The molecule has 2 amide bonds. The van der Waals surface area contributed by atoms with Gasteiger partial charge in [0.1, 0.15) is 23.8 Å². The van der Waals surface area contributed by atoms with Crippen LogP contribution < -0.4 is 11.3 Å². The highest BCUT2D eigenvalue weighted by molar-refractivity contribution is 6.30. The fourth-order valence-corrected chi connectivity index (χ4v) is 5.47. The zero-order valence-corrected chi connectivity index (χ0v) is 27.3. The number of benzene rings is 1. The molecule has 0 radical (unpaired) electrons. The van der Waals surface area contributed by atoms with Crippen molar-refractivity contribution in [2.24, 2.45) is 11.7 Å². The normalized spacial score (nSPS) is 16.0. The van der Waals surface area contributed by atoms with Crippen molar-refractivity contribution in [3.8, 4) is 5.75 Å². The van der Waals surface area contributed by atoms with Crippen LogP contribution in [-0.2, 0) is 22.5 Å². The van der Waals surface area contributed by atoms with Gasteiger partial charge in [0.2, 0.25) is 0 Å². The number of pyridine rings is 1. The van der Waals surface area contributed by atoms with Gasteiger partial charge in [-0.1, -0.05) is 58.7 Å². The molecular formula is C32H46ClFN4O6. The average molecular weight is 637 g/mol. The number of ether oxygens (including phenoxy) is 1. The summed E-state index contributed by atoms with van der Waals surface area (Å²) in [5.41, 5.74) is 5.22. The van der Waals surface area contributed by atoms with Gasteiger partial charge in [-0.25, -0.2) is 4.39 Å². The molecule has 2 aliphatic heterocycles. The van der Waals surface area contributed by atoms with Crippen molar-refractivity contribution in [3.63, 3.8) is 0 Å². The molecule has 0 fully saturated rings. The van der Waals surface area contributed by atoms with E-state index in [0.717, 1.165) is 25.3 Å². The lowest BCUT2D eigenvalue weighted by molar-refractivity contribution is -0.133. The Balaban J connectivity index is 0.000000755. The number of nitrogens with two attached hydrogens (primary N) is 1. The molecule has 3 heterocycles. The highest BCUT2D eigenvalue weighted by atomic mass is 35.5. The van der Waals surface area contributed by atoms with Gasteiger partial charge in [-0.15, -0.1) is 0 Å². The number of hydrogen-bond acceptors (Lipinski definition) is 7. The van der Waals surface area contributed by atoms with Crippen LogP contribution in [0.2, 0.25) is 5.02 Å². The number of nitrogens with zero attached hydrogens (tertiary/aromatic N) is 3. The lowest BCUT2D eigenvalue weighted by atomic mass is 9.95. The molecule has 0 aliphatic carbocycles. The van der Waals surface area contributed by atoms with Crippen molar-refractivity contribution in [2.75, 3.05) is 19.6 Å². The molecule has 4 rings (SSSR count). The summed E-state index contributed by atoms with van der Waals surface area (Å²) in [6.07, 6.45) is 2.12. The van der Waals surface area contributed by atoms with E-state index >= 15 is 0 Å². The fourth-order valence-electron chi connectivity index (χ4n) is 5.27. The second-order valence-corrected chi connectivity index (χ2v) is 11.5. The van der Waals surface area contributed by atoms with Crippen LogP contribution >= 0.6 is 11.6 Å². The Morgan fingerprint density at radius 2 is 1.86 bits per heavy atom. The van der Waals surface area contributed by atoms with Crippen LogP contribution in [0.5, 0.6) is 5.75 Å². The van der Waals surface area contributed by atoms with E-state index in [1.54, 1.807) is 6.92 Å². The number of amides is 2. The number of carbonyl (C=O) groups is 3. The van der Waals surface area contributed by atoms with E-state index in [0.29, 0.717) is 30.4 Å². The van der Waals surface area contributed by atoms with Gasteiger partial charge in [0.25, 0.3) is 23.8 Å². The van der Waals surface area contributed by atoms with E-state index in [2.05, 4.69) is 13.8 Å². The summed E-state index contributed by atoms with van der Waals surface area (Å²) < 4.78 is 19.8. The smallest absolute Gasteiger partial charge is 0.295 e. The van der Waals surface area contributed by atoms with Gasteiger partial charge in [0.15, 0.2) is 5.75 Å². The first-order valence-electron chi connectivity index (χ1n) is 15.3. The van der Waals surface area contributed by atoms with E-state index in [1.165, 1.54) is 32.6 Å². The Labute approximate surface area is 263 Å². The first-order chi connectivity index (χ1) is 21.0. The van der Waals surface area contributed by atoms with Gasteiger partial charge in [-0.2, -0.15) is 0 Å². The van der Waals surface area contributed by atoms with Crippen LogP contribution in [0.4, 0.5) is 4.39 Å². The van der Waals surface area contributed by atoms with Crippen molar-refractivity contribution in [1.82, 2.24) is 14.4 Å². The van der Waals surface area contributed by atoms with Crippen LogP contribution in [0.3, 0.4) is 0 Å². The van der Waals surface area contributed by atoms with E-state index in [-0.39, 0.29) is 42.3 Å². The third-order valence-electron chi connectivity index (χ3n) is 7.40. The second-order valence-electron chi connectivity index (χ2n) is 11.0. The molecule has 10 nitrogen and oxygen atoms in total. The standard InChI is InChI=1S/C25H27ClFN3O6.C5H13N.C2H6/c1-3-4-5-19-29(11-14(2)36-13-31)24(34)21-16-8-9-28(12-15-6-7-18(27)17(26)10-15)23(33)20(16)22(32)25(35)30(19)21;1-5(2)3-4-6;1-2/h6-7,10,13-14,19,32H,3-5,8-9,11-12H2,1-2H3;5H,3-4,6H2,1-2H3;1-2H3. The number of aromatic hydroxyl groups is 1. The lowest BCUT2D eigenvalue weighted by Gasteiger charge is -2.30. The Morgan fingerprint density at radius 1 is 1.18 bits per heavy atom. The van der Waals surface area contributed by atoms with Gasteiger partial charge in [-0.05, 0) is 62.8 Å². The predicted octanol–water partition coefficient (Wildman–Crippen LogP) is 5.27.